The first-order valence-corrected chi connectivity index (χ1v) is 4.37. The molecule has 0 amide bonds. The first-order valence-electron chi connectivity index (χ1n) is 4.37. The molecule has 1 atom stereocenters. The molecule has 17 heavy (non-hydrogen) atoms. The van der Waals surface area contributed by atoms with Crippen LogP contribution in [0.2, 0.25) is 0 Å². The van der Waals surface area contributed by atoms with Gasteiger partial charge in [0.25, 0.3) is 11.6 Å². The highest BCUT2D eigenvalue weighted by atomic mass is 35.5. The van der Waals surface area contributed by atoms with Crippen LogP contribution in [-0.4, -0.2) is 22.6 Å². The largest absolute Gasteiger partial charge is 0.390 e. The van der Waals surface area contributed by atoms with Gasteiger partial charge in [-0.15, -0.1) is 12.4 Å². The molecular weight excluding hydrogens is 258 g/mol. The standard InChI is InChI=1S/C9H10F2N2O3.ClH/c10-9(11,5-14)8(12)6-2-1-3-7(4-6)13(15)16;/h1-4,8,14H,5,12H2;1H/t8-;/m0./s1. The van der Waals surface area contributed by atoms with Crippen LogP contribution in [0.5, 0.6) is 0 Å². The summed E-state index contributed by atoms with van der Waals surface area (Å²) in [5.74, 6) is -3.50. The van der Waals surface area contributed by atoms with E-state index in [9.17, 15) is 18.9 Å². The molecule has 96 valence electrons. The van der Waals surface area contributed by atoms with Crippen molar-refractivity contribution in [3.05, 3.63) is 39.9 Å². The molecule has 0 spiro atoms. The molecule has 1 rings (SSSR count). The summed E-state index contributed by atoms with van der Waals surface area (Å²) in [6, 6.07) is 2.89. The van der Waals surface area contributed by atoms with Crippen LogP contribution in [-0.2, 0) is 0 Å². The summed E-state index contributed by atoms with van der Waals surface area (Å²) >= 11 is 0. The van der Waals surface area contributed by atoms with Crippen LogP contribution in [0.15, 0.2) is 24.3 Å². The number of rotatable bonds is 4. The van der Waals surface area contributed by atoms with Crippen LogP contribution in [0.1, 0.15) is 11.6 Å². The van der Waals surface area contributed by atoms with Crippen molar-refractivity contribution in [2.75, 3.05) is 6.61 Å². The average Bonchev–Trinajstić information content (AvgIpc) is 2.28. The quantitative estimate of drug-likeness (QED) is 0.642. The van der Waals surface area contributed by atoms with Crippen molar-refractivity contribution in [2.24, 2.45) is 5.73 Å². The summed E-state index contributed by atoms with van der Waals surface area (Å²) in [6.07, 6.45) is 0. The Kier molecular flexibility index (Phi) is 5.40. The molecule has 1 aromatic rings. The Labute approximate surface area is 102 Å². The van der Waals surface area contributed by atoms with Gasteiger partial charge in [-0.05, 0) is 5.56 Å². The van der Waals surface area contributed by atoms with Gasteiger partial charge in [0.15, 0.2) is 0 Å². The number of non-ortho nitro benzene ring substituents is 1. The zero-order valence-corrected chi connectivity index (χ0v) is 9.36. The molecule has 0 aliphatic heterocycles. The Balaban J connectivity index is 0.00000256. The van der Waals surface area contributed by atoms with E-state index >= 15 is 0 Å². The van der Waals surface area contributed by atoms with Crippen molar-refractivity contribution >= 4 is 18.1 Å². The van der Waals surface area contributed by atoms with Crippen molar-refractivity contribution in [3.63, 3.8) is 0 Å². The maximum atomic E-state index is 13.0. The third-order valence-electron chi connectivity index (χ3n) is 2.11. The van der Waals surface area contributed by atoms with E-state index in [0.29, 0.717) is 0 Å². The van der Waals surface area contributed by atoms with E-state index < -0.39 is 23.5 Å². The Morgan fingerprint density at radius 2 is 2.12 bits per heavy atom. The summed E-state index contributed by atoms with van der Waals surface area (Å²) in [4.78, 5) is 9.72. The van der Waals surface area contributed by atoms with E-state index in [4.69, 9.17) is 10.8 Å². The highest BCUT2D eigenvalue weighted by Gasteiger charge is 2.37. The number of nitro benzene ring substituents is 1. The van der Waals surface area contributed by atoms with Crippen molar-refractivity contribution in [3.8, 4) is 0 Å². The number of halogens is 3. The molecule has 0 fully saturated rings. The summed E-state index contributed by atoms with van der Waals surface area (Å²) in [7, 11) is 0. The summed E-state index contributed by atoms with van der Waals surface area (Å²) in [6.45, 7) is -1.41. The third kappa shape index (κ3) is 3.58. The third-order valence-corrected chi connectivity index (χ3v) is 2.11. The smallest absolute Gasteiger partial charge is 0.289 e. The number of nitrogens with zero attached hydrogens (tertiary/aromatic N) is 1. The number of aliphatic hydroxyl groups is 1. The van der Waals surface area contributed by atoms with E-state index in [1.165, 1.54) is 18.2 Å². The average molecular weight is 269 g/mol. The summed E-state index contributed by atoms with van der Waals surface area (Å²) < 4.78 is 26.0. The SMILES string of the molecule is Cl.N[C@@H](c1cccc([N+](=O)[O-])c1)C(F)(F)CO. The van der Waals surface area contributed by atoms with Gasteiger partial charge in [0, 0.05) is 12.1 Å². The maximum absolute atomic E-state index is 13.0. The molecule has 0 aliphatic carbocycles. The van der Waals surface area contributed by atoms with E-state index in [0.717, 1.165) is 6.07 Å². The number of aliphatic hydroxyl groups excluding tert-OH is 1. The molecule has 0 heterocycles. The van der Waals surface area contributed by atoms with E-state index in [1.54, 1.807) is 0 Å². The highest BCUT2D eigenvalue weighted by Crippen LogP contribution is 2.30. The molecule has 0 saturated carbocycles. The molecule has 0 radical (unpaired) electrons. The number of hydrogen-bond donors (Lipinski definition) is 2. The Hall–Kier alpha value is -1.31. The normalized spacial score (nSPS) is 12.7. The molecule has 0 unspecified atom stereocenters. The van der Waals surface area contributed by atoms with Crippen LogP contribution < -0.4 is 5.73 Å². The van der Waals surface area contributed by atoms with E-state index in [2.05, 4.69) is 0 Å². The van der Waals surface area contributed by atoms with Crippen molar-refractivity contribution in [1.82, 2.24) is 0 Å². The molecule has 5 nitrogen and oxygen atoms in total. The molecule has 0 saturated heterocycles. The predicted molar refractivity (Wildman–Crippen MR) is 59.3 cm³/mol. The fraction of sp³-hybridized carbons (Fsp3) is 0.333. The number of nitrogens with two attached hydrogens (primary N) is 1. The Morgan fingerprint density at radius 1 is 1.53 bits per heavy atom. The van der Waals surface area contributed by atoms with Gasteiger partial charge in [-0.1, -0.05) is 12.1 Å². The van der Waals surface area contributed by atoms with Gasteiger partial charge in [-0.3, -0.25) is 10.1 Å². The Morgan fingerprint density at radius 3 is 2.59 bits per heavy atom. The first-order chi connectivity index (χ1) is 7.38. The van der Waals surface area contributed by atoms with Gasteiger partial charge in [0.05, 0.1) is 11.0 Å². The van der Waals surface area contributed by atoms with Crippen molar-refractivity contribution in [1.29, 1.82) is 0 Å². The number of hydrogen-bond acceptors (Lipinski definition) is 4. The highest BCUT2D eigenvalue weighted by molar-refractivity contribution is 5.85. The van der Waals surface area contributed by atoms with Crippen molar-refractivity contribution < 1.29 is 18.8 Å². The van der Waals surface area contributed by atoms with Gasteiger partial charge < -0.3 is 10.8 Å². The molecule has 0 aromatic heterocycles. The fourth-order valence-corrected chi connectivity index (χ4v) is 1.17. The van der Waals surface area contributed by atoms with Gasteiger partial charge in [-0.2, -0.15) is 0 Å². The number of benzene rings is 1. The second-order valence-corrected chi connectivity index (χ2v) is 3.25. The topological polar surface area (TPSA) is 89.4 Å². The van der Waals surface area contributed by atoms with Gasteiger partial charge in [-0.25, -0.2) is 8.78 Å². The van der Waals surface area contributed by atoms with Gasteiger partial charge in [0.1, 0.15) is 6.61 Å². The minimum absolute atomic E-state index is 0. The maximum Gasteiger partial charge on any atom is 0.289 e. The van der Waals surface area contributed by atoms with E-state index in [-0.39, 0.29) is 23.7 Å². The molecule has 0 aliphatic rings. The van der Waals surface area contributed by atoms with Crippen LogP contribution in [0.3, 0.4) is 0 Å². The van der Waals surface area contributed by atoms with Crippen LogP contribution in [0.4, 0.5) is 14.5 Å². The zero-order valence-electron chi connectivity index (χ0n) is 8.55. The lowest BCUT2D eigenvalue weighted by Gasteiger charge is -2.21. The number of nitro groups is 1. The molecular formula is C9H11ClF2N2O3. The van der Waals surface area contributed by atoms with Crippen LogP contribution in [0, 0.1) is 10.1 Å². The summed E-state index contributed by atoms with van der Waals surface area (Å²) in [5, 5.41) is 18.9. The molecule has 0 bridgehead atoms. The van der Waals surface area contributed by atoms with Gasteiger partial charge >= 0.3 is 0 Å². The van der Waals surface area contributed by atoms with E-state index in [1.807, 2.05) is 0 Å². The predicted octanol–water partition coefficient (Wildman–Crippen LogP) is 1.64. The summed E-state index contributed by atoms with van der Waals surface area (Å²) in [5.41, 5.74) is 4.81. The fourth-order valence-electron chi connectivity index (χ4n) is 1.17. The lowest BCUT2D eigenvalue weighted by Crippen LogP contribution is -2.36. The monoisotopic (exact) mass is 268 g/mol. The van der Waals surface area contributed by atoms with Gasteiger partial charge in [0.2, 0.25) is 0 Å². The second-order valence-electron chi connectivity index (χ2n) is 3.25. The minimum Gasteiger partial charge on any atom is -0.390 e. The zero-order chi connectivity index (χ0) is 12.3. The minimum atomic E-state index is -3.50. The van der Waals surface area contributed by atoms with Crippen LogP contribution in [0.25, 0.3) is 0 Å². The number of alkyl halides is 2. The van der Waals surface area contributed by atoms with Crippen LogP contribution >= 0.6 is 12.4 Å². The molecule has 1 aromatic carbocycles. The Bertz CT molecular complexity index is 404. The molecule has 8 heteroatoms. The lowest BCUT2D eigenvalue weighted by atomic mass is 10.0. The second kappa shape index (κ2) is 5.85. The lowest BCUT2D eigenvalue weighted by molar-refractivity contribution is -0.385. The first kappa shape index (κ1) is 15.7. The molecule has 3 N–H and O–H groups in total. The van der Waals surface area contributed by atoms with Crippen molar-refractivity contribution in [2.45, 2.75) is 12.0 Å².